The van der Waals surface area contributed by atoms with Crippen molar-refractivity contribution in [3.05, 3.63) is 77.6 Å². The lowest BCUT2D eigenvalue weighted by atomic mass is 10.1. The Morgan fingerprint density at radius 2 is 1.52 bits per heavy atom. The first-order valence-electron chi connectivity index (χ1n) is 9.12. The Labute approximate surface area is 168 Å². The number of hydrogen-bond acceptors (Lipinski definition) is 6. The van der Waals surface area contributed by atoms with Crippen molar-refractivity contribution in [3.63, 3.8) is 0 Å². The summed E-state index contributed by atoms with van der Waals surface area (Å²) in [6.45, 7) is 3.51. The summed E-state index contributed by atoms with van der Waals surface area (Å²) >= 11 is 0. The fourth-order valence-electron chi connectivity index (χ4n) is 2.66. The maximum atomic E-state index is 12.2. The van der Waals surface area contributed by atoms with E-state index in [2.05, 4.69) is 0 Å². The van der Waals surface area contributed by atoms with Gasteiger partial charge in [-0.15, -0.1) is 0 Å². The molecule has 0 spiro atoms. The van der Waals surface area contributed by atoms with E-state index in [1.807, 2.05) is 6.92 Å². The van der Waals surface area contributed by atoms with Gasteiger partial charge in [-0.1, -0.05) is 24.3 Å². The van der Waals surface area contributed by atoms with Gasteiger partial charge in [-0.05, 0) is 50.2 Å². The van der Waals surface area contributed by atoms with Crippen molar-refractivity contribution < 1.29 is 28.3 Å². The molecule has 3 rings (SSSR count). The molecule has 6 heteroatoms. The Kier molecular flexibility index (Phi) is 6.24. The van der Waals surface area contributed by atoms with Gasteiger partial charge in [0.2, 0.25) is 5.76 Å². The van der Waals surface area contributed by atoms with Crippen LogP contribution in [0.5, 0.6) is 5.75 Å². The number of rotatable bonds is 8. The lowest BCUT2D eigenvalue weighted by molar-refractivity contribution is 0.0445. The molecule has 1 aromatic heterocycles. The van der Waals surface area contributed by atoms with Gasteiger partial charge in [0.25, 0.3) is 0 Å². The second-order valence-electron chi connectivity index (χ2n) is 6.25. The van der Waals surface area contributed by atoms with Crippen LogP contribution < -0.4 is 4.74 Å². The van der Waals surface area contributed by atoms with Gasteiger partial charge in [-0.3, -0.25) is 9.59 Å². The third-order valence-electron chi connectivity index (χ3n) is 4.20. The Hall–Kier alpha value is -3.67. The third-order valence-corrected chi connectivity index (χ3v) is 4.20. The molecule has 0 bridgehead atoms. The summed E-state index contributed by atoms with van der Waals surface area (Å²) in [6.07, 6.45) is 0. The summed E-state index contributed by atoms with van der Waals surface area (Å²) in [5.74, 6) is 0.0434. The van der Waals surface area contributed by atoms with Crippen molar-refractivity contribution in [1.82, 2.24) is 0 Å². The van der Waals surface area contributed by atoms with Crippen molar-refractivity contribution in [2.45, 2.75) is 13.8 Å². The van der Waals surface area contributed by atoms with Crippen molar-refractivity contribution in [3.8, 4) is 17.1 Å². The molecule has 0 N–H and O–H groups in total. The largest absolute Gasteiger partial charge is 0.494 e. The lowest BCUT2D eigenvalue weighted by Gasteiger charge is -2.05. The van der Waals surface area contributed by atoms with Gasteiger partial charge in [-0.2, -0.15) is 0 Å². The van der Waals surface area contributed by atoms with Gasteiger partial charge in [0, 0.05) is 16.7 Å². The fourth-order valence-corrected chi connectivity index (χ4v) is 2.66. The van der Waals surface area contributed by atoms with Crippen molar-refractivity contribution in [2.24, 2.45) is 0 Å². The monoisotopic (exact) mass is 392 g/mol. The molecule has 29 heavy (non-hydrogen) atoms. The van der Waals surface area contributed by atoms with E-state index in [-0.39, 0.29) is 17.3 Å². The van der Waals surface area contributed by atoms with Crippen molar-refractivity contribution in [1.29, 1.82) is 0 Å². The predicted molar refractivity (Wildman–Crippen MR) is 106 cm³/mol. The maximum Gasteiger partial charge on any atom is 0.374 e. The summed E-state index contributed by atoms with van der Waals surface area (Å²) in [6, 6.07) is 16.6. The van der Waals surface area contributed by atoms with E-state index >= 15 is 0 Å². The summed E-state index contributed by atoms with van der Waals surface area (Å²) in [4.78, 5) is 35.7. The fraction of sp³-hybridized carbons (Fsp3) is 0.174. The number of benzene rings is 2. The smallest absolute Gasteiger partial charge is 0.374 e. The summed E-state index contributed by atoms with van der Waals surface area (Å²) in [5.41, 5.74) is 1.74. The average molecular weight is 392 g/mol. The quantitative estimate of drug-likeness (QED) is 0.412. The van der Waals surface area contributed by atoms with E-state index in [1.165, 1.54) is 13.0 Å². The molecule has 2 aromatic carbocycles. The Morgan fingerprint density at radius 1 is 0.862 bits per heavy atom. The molecule has 148 valence electrons. The van der Waals surface area contributed by atoms with Crippen LogP contribution in [-0.4, -0.2) is 30.7 Å². The normalized spacial score (nSPS) is 10.4. The van der Waals surface area contributed by atoms with Crippen LogP contribution in [0.3, 0.4) is 0 Å². The number of carbonyl (C=O) groups is 3. The molecule has 0 unspecified atom stereocenters. The number of Topliss-reactive ketones (excluding diaryl/α,β-unsaturated/α-hetero) is 2. The molecule has 0 atom stereocenters. The second-order valence-corrected chi connectivity index (χ2v) is 6.25. The molecule has 0 amide bonds. The van der Waals surface area contributed by atoms with Crippen LogP contribution in [-0.2, 0) is 4.74 Å². The number of carbonyl (C=O) groups excluding carboxylic acids is 3. The Bertz CT molecular complexity index is 1010. The van der Waals surface area contributed by atoms with Gasteiger partial charge in [0.15, 0.2) is 18.2 Å². The highest BCUT2D eigenvalue weighted by atomic mass is 16.5. The predicted octanol–water partition coefficient (Wildman–Crippen LogP) is 4.59. The molecular formula is C23H20O6. The topological polar surface area (TPSA) is 82.8 Å². The van der Waals surface area contributed by atoms with E-state index in [0.29, 0.717) is 29.2 Å². The van der Waals surface area contributed by atoms with E-state index < -0.39 is 12.6 Å². The molecular weight excluding hydrogens is 372 g/mol. The number of hydrogen-bond donors (Lipinski definition) is 0. The van der Waals surface area contributed by atoms with Crippen LogP contribution in [0.15, 0.2) is 65.1 Å². The third kappa shape index (κ3) is 4.99. The first kappa shape index (κ1) is 20.1. The highest BCUT2D eigenvalue weighted by molar-refractivity contribution is 5.99. The number of ether oxygens (including phenoxy) is 2. The van der Waals surface area contributed by atoms with Gasteiger partial charge >= 0.3 is 5.97 Å². The van der Waals surface area contributed by atoms with Crippen molar-refractivity contribution >= 4 is 17.5 Å². The first-order valence-corrected chi connectivity index (χ1v) is 9.12. The lowest BCUT2D eigenvalue weighted by Crippen LogP contribution is -2.13. The van der Waals surface area contributed by atoms with Crippen molar-refractivity contribution in [2.75, 3.05) is 13.2 Å². The summed E-state index contributed by atoms with van der Waals surface area (Å²) < 4.78 is 15.9. The molecule has 0 fully saturated rings. The molecule has 0 aliphatic heterocycles. The minimum atomic E-state index is -0.726. The van der Waals surface area contributed by atoms with Crippen LogP contribution >= 0.6 is 0 Å². The minimum Gasteiger partial charge on any atom is -0.494 e. The molecule has 1 heterocycles. The summed E-state index contributed by atoms with van der Waals surface area (Å²) in [5, 5.41) is 0. The van der Waals surface area contributed by atoms with Gasteiger partial charge in [0.05, 0.1) is 6.61 Å². The Balaban J connectivity index is 1.60. The molecule has 0 saturated heterocycles. The zero-order valence-corrected chi connectivity index (χ0v) is 16.1. The van der Waals surface area contributed by atoms with Crippen LogP contribution in [0.2, 0.25) is 0 Å². The number of ketones is 2. The highest BCUT2D eigenvalue weighted by Gasteiger charge is 2.16. The highest BCUT2D eigenvalue weighted by Crippen LogP contribution is 2.23. The van der Waals surface area contributed by atoms with Crippen LogP contribution in [0, 0.1) is 0 Å². The number of esters is 1. The van der Waals surface area contributed by atoms with Gasteiger partial charge < -0.3 is 13.9 Å². The van der Waals surface area contributed by atoms with E-state index in [4.69, 9.17) is 13.9 Å². The first-order chi connectivity index (χ1) is 14.0. The van der Waals surface area contributed by atoms with E-state index in [9.17, 15) is 14.4 Å². The van der Waals surface area contributed by atoms with Gasteiger partial charge in [0.1, 0.15) is 11.5 Å². The molecule has 0 saturated carbocycles. The van der Waals surface area contributed by atoms with E-state index in [0.717, 1.165) is 5.56 Å². The number of furan rings is 1. The van der Waals surface area contributed by atoms with Crippen LogP contribution in [0.25, 0.3) is 11.3 Å². The average Bonchev–Trinajstić information content (AvgIpc) is 3.23. The maximum absolute atomic E-state index is 12.2. The van der Waals surface area contributed by atoms with Gasteiger partial charge in [-0.25, -0.2) is 4.79 Å². The standard InChI is InChI=1S/C23H20O6/c1-3-27-19-10-8-17(9-11-19)20(25)14-28-23(26)22-13-12-21(29-22)18-6-4-16(5-7-18)15(2)24/h4-13H,3,14H2,1-2H3. The second kappa shape index (κ2) is 9.01. The van der Waals surface area contributed by atoms with Crippen LogP contribution in [0.4, 0.5) is 0 Å². The SMILES string of the molecule is CCOc1ccc(C(=O)COC(=O)c2ccc(-c3ccc(C(C)=O)cc3)o2)cc1. The molecule has 3 aromatic rings. The Morgan fingerprint density at radius 3 is 2.14 bits per heavy atom. The molecule has 0 radical (unpaired) electrons. The van der Waals surface area contributed by atoms with E-state index in [1.54, 1.807) is 54.6 Å². The molecule has 0 aliphatic rings. The minimum absolute atomic E-state index is 0.00450. The summed E-state index contributed by atoms with van der Waals surface area (Å²) in [7, 11) is 0. The molecule has 6 nitrogen and oxygen atoms in total. The zero-order valence-electron chi connectivity index (χ0n) is 16.1. The zero-order chi connectivity index (χ0) is 20.8. The van der Waals surface area contributed by atoms with Crippen LogP contribution in [0.1, 0.15) is 45.1 Å². The molecule has 0 aliphatic carbocycles.